The van der Waals surface area contributed by atoms with Crippen molar-refractivity contribution >= 4 is 28.2 Å². The highest BCUT2D eigenvalue weighted by Gasteiger charge is 2.16. The van der Waals surface area contributed by atoms with E-state index in [0.717, 1.165) is 52.2 Å². The van der Waals surface area contributed by atoms with Gasteiger partial charge in [-0.3, -0.25) is 4.98 Å². The summed E-state index contributed by atoms with van der Waals surface area (Å²) in [7, 11) is 0. The minimum atomic E-state index is -0.00872. The van der Waals surface area contributed by atoms with E-state index < -0.39 is 0 Å². The van der Waals surface area contributed by atoms with Crippen molar-refractivity contribution in [3.63, 3.8) is 0 Å². The number of hydrogen-bond donors (Lipinski definition) is 3. The van der Waals surface area contributed by atoms with Crippen molar-refractivity contribution in [1.29, 1.82) is 0 Å². The SMILES string of the molecule is Nc1cccc(-c2cccc3cnc(Nc4ccc(C5CNCCO5)nc4)nc23)c1. The molecule has 1 aliphatic rings. The Labute approximate surface area is 174 Å². The van der Waals surface area contributed by atoms with Crippen LogP contribution in [0.3, 0.4) is 0 Å². The fraction of sp³-hybridized carbons (Fsp3) is 0.174. The molecule has 150 valence electrons. The Morgan fingerprint density at radius 2 is 1.97 bits per heavy atom. The van der Waals surface area contributed by atoms with Gasteiger partial charge >= 0.3 is 0 Å². The van der Waals surface area contributed by atoms with E-state index in [4.69, 9.17) is 15.5 Å². The molecule has 0 saturated carbocycles. The van der Waals surface area contributed by atoms with Crippen molar-refractivity contribution in [2.24, 2.45) is 0 Å². The molecule has 2 aromatic heterocycles. The van der Waals surface area contributed by atoms with E-state index in [9.17, 15) is 0 Å². The molecule has 0 amide bonds. The number of morpholine rings is 1. The van der Waals surface area contributed by atoms with E-state index in [1.165, 1.54) is 0 Å². The summed E-state index contributed by atoms with van der Waals surface area (Å²) >= 11 is 0. The van der Waals surface area contributed by atoms with Crippen LogP contribution in [-0.2, 0) is 4.74 Å². The van der Waals surface area contributed by atoms with Crippen LogP contribution in [0.4, 0.5) is 17.3 Å². The van der Waals surface area contributed by atoms with Gasteiger partial charge in [-0.05, 0) is 29.8 Å². The highest BCUT2D eigenvalue weighted by Crippen LogP contribution is 2.29. The van der Waals surface area contributed by atoms with Gasteiger partial charge in [-0.1, -0.05) is 30.3 Å². The number of fused-ring (bicyclic) bond motifs is 1. The molecule has 0 radical (unpaired) electrons. The fourth-order valence-corrected chi connectivity index (χ4v) is 3.61. The van der Waals surface area contributed by atoms with Gasteiger partial charge in [0, 0.05) is 35.9 Å². The molecule has 0 spiro atoms. The van der Waals surface area contributed by atoms with E-state index in [1.807, 2.05) is 60.8 Å². The van der Waals surface area contributed by atoms with Gasteiger partial charge in [-0.2, -0.15) is 0 Å². The van der Waals surface area contributed by atoms with Gasteiger partial charge < -0.3 is 21.1 Å². The molecule has 3 heterocycles. The number of pyridine rings is 1. The average Bonchev–Trinajstić information content (AvgIpc) is 2.80. The molecule has 0 aliphatic carbocycles. The van der Waals surface area contributed by atoms with E-state index in [2.05, 4.69) is 20.6 Å². The third-order valence-corrected chi connectivity index (χ3v) is 5.11. The van der Waals surface area contributed by atoms with Gasteiger partial charge in [0.1, 0.15) is 6.10 Å². The smallest absolute Gasteiger partial charge is 0.227 e. The van der Waals surface area contributed by atoms with Crippen molar-refractivity contribution in [3.05, 3.63) is 72.7 Å². The van der Waals surface area contributed by atoms with Crippen LogP contribution in [0.15, 0.2) is 67.0 Å². The number of benzene rings is 2. The molecule has 7 nitrogen and oxygen atoms in total. The third-order valence-electron chi connectivity index (χ3n) is 5.11. The predicted octanol–water partition coefficient (Wildman–Crippen LogP) is 3.68. The zero-order valence-electron chi connectivity index (χ0n) is 16.4. The van der Waals surface area contributed by atoms with Crippen molar-refractivity contribution < 1.29 is 4.74 Å². The molecule has 2 aromatic carbocycles. The number of rotatable bonds is 4. The lowest BCUT2D eigenvalue weighted by atomic mass is 10.0. The Kier molecular flexibility index (Phi) is 4.96. The van der Waals surface area contributed by atoms with Crippen molar-refractivity contribution in [2.75, 3.05) is 30.7 Å². The van der Waals surface area contributed by atoms with Crippen LogP contribution < -0.4 is 16.4 Å². The normalized spacial score (nSPS) is 16.5. The Morgan fingerprint density at radius 3 is 2.77 bits per heavy atom. The minimum Gasteiger partial charge on any atom is -0.399 e. The number of nitrogens with two attached hydrogens (primary N) is 1. The predicted molar refractivity (Wildman–Crippen MR) is 118 cm³/mol. The summed E-state index contributed by atoms with van der Waals surface area (Å²) in [5, 5.41) is 7.54. The molecular weight excluding hydrogens is 376 g/mol. The van der Waals surface area contributed by atoms with E-state index in [1.54, 1.807) is 6.20 Å². The van der Waals surface area contributed by atoms with Crippen LogP contribution in [0.2, 0.25) is 0 Å². The van der Waals surface area contributed by atoms with Crippen molar-refractivity contribution in [2.45, 2.75) is 6.10 Å². The summed E-state index contributed by atoms with van der Waals surface area (Å²) in [5.74, 6) is 0.518. The monoisotopic (exact) mass is 398 g/mol. The molecule has 4 aromatic rings. The Hall–Kier alpha value is -3.55. The summed E-state index contributed by atoms with van der Waals surface area (Å²) < 4.78 is 5.75. The first kappa shape index (κ1) is 18.5. The number of hydrogen-bond acceptors (Lipinski definition) is 7. The highest BCUT2D eigenvalue weighted by molar-refractivity contribution is 5.94. The maximum atomic E-state index is 5.97. The zero-order valence-corrected chi connectivity index (χ0v) is 16.4. The lowest BCUT2D eigenvalue weighted by molar-refractivity contribution is 0.0250. The molecule has 1 saturated heterocycles. The second-order valence-corrected chi connectivity index (χ2v) is 7.22. The van der Waals surface area contributed by atoms with Gasteiger partial charge in [0.05, 0.1) is 29.7 Å². The summed E-state index contributed by atoms with van der Waals surface area (Å²) in [6.07, 6.45) is 3.60. The molecule has 7 heteroatoms. The number of nitrogens with zero attached hydrogens (tertiary/aromatic N) is 3. The van der Waals surface area contributed by atoms with E-state index >= 15 is 0 Å². The number of ether oxygens (including phenoxy) is 1. The van der Waals surface area contributed by atoms with Gasteiger partial charge in [0.2, 0.25) is 5.95 Å². The largest absolute Gasteiger partial charge is 0.399 e. The van der Waals surface area contributed by atoms with Gasteiger partial charge in [-0.25, -0.2) is 9.97 Å². The fourth-order valence-electron chi connectivity index (χ4n) is 3.61. The standard InChI is InChI=1S/C23H22N6O/c24-17-5-1-3-15(11-17)19-6-2-4-16-12-27-23(29-22(16)19)28-18-7-8-20(26-13-18)21-14-25-9-10-30-21/h1-8,11-13,21,25H,9-10,14,24H2,(H,27,28,29). The molecule has 1 aliphatic heterocycles. The third kappa shape index (κ3) is 3.80. The average molecular weight is 398 g/mol. The quantitative estimate of drug-likeness (QED) is 0.451. The molecule has 1 atom stereocenters. The molecule has 4 N–H and O–H groups in total. The van der Waals surface area contributed by atoms with Crippen molar-refractivity contribution in [3.8, 4) is 11.1 Å². The van der Waals surface area contributed by atoms with Gasteiger partial charge in [0.15, 0.2) is 0 Å². The van der Waals surface area contributed by atoms with E-state index in [0.29, 0.717) is 12.6 Å². The lowest BCUT2D eigenvalue weighted by Crippen LogP contribution is -2.33. The molecule has 1 unspecified atom stereocenters. The first-order valence-electron chi connectivity index (χ1n) is 9.93. The number of para-hydroxylation sites is 1. The number of anilines is 3. The second kappa shape index (κ2) is 8.06. The summed E-state index contributed by atoms with van der Waals surface area (Å²) in [4.78, 5) is 13.8. The maximum Gasteiger partial charge on any atom is 0.227 e. The summed E-state index contributed by atoms with van der Waals surface area (Å²) in [5.41, 5.74) is 11.3. The van der Waals surface area contributed by atoms with Crippen LogP contribution in [0.5, 0.6) is 0 Å². The zero-order chi connectivity index (χ0) is 20.3. The summed E-state index contributed by atoms with van der Waals surface area (Å²) in [6, 6.07) is 17.8. The number of nitrogens with one attached hydrogen (secondary N) is 2. The molecular formula is C23H22N6O. The van der Waals surface area contributed by atoms with E-state index in [-0.39, 0.29) is 6.10 Å². The topological polar surface area (TPSA) is 98.0 Å². The molecule has 0 bridgehead atoms. The Bertz CT molecular complexity index is 1170. The van der Waals surface area contributed by atoms with Crippen LogP contribution >= 0.6 is 0 Å². The lowest BCUT2D eigenvalue weighted by Gasteiger charge is -2.23. The van der Waals surface area contributed by atoms with Crippen LogP contribution in [-0.4, -0.2) is 34.6 Å². The van der Waals surface area contributed by atoms with Crippen LogP contribution in [0, 0.1) is 0 Å². The van der Waals surface area contributed by atoms with Crippen LogP contribution in [0.1, 0.15) is 11.8 Å². The number of nitrogen functional groups attached to an aromatic ring is 1. The minimum absolute atomic E-state index is 0.00872. The van der Waals surface area contributed by atoms with Crippen LogP contribution in [0.25, 0.3) is 22.0 Å². The summed E-state index contributed by atoms with van der Waals surface area (Å²) in [6.45, 7) is 2.36. The second-order valence-electron chi connectivity index (χ2n) is 7.22. The molecule has 5 rings (SSSR count). The first-order valence-corrected chi connectivity index (χ1v) is 9.93. The number of aromatic nitrogens is 3. The molecule has 1 fully saturated rings. The highest BCUT2D eigenvalue weighted by atomic mass is 16.5. The first-order chi connectivity index (χ1) is 14.8. The Morgan fingerprint density at radius 1 is 1.03 bits per heavy atom. The van der Waals surface area contributed by atoms with Gasteiger partial charge in [0.25, 0.3) is 0 Å². The Balaban J connectivity index is 1.43. The van der Waals surface area contributed by atoms with Crippen molar-refractivity contribution in [1.82, 2.24) is 20.3 Å². The van der Waals surface area contributed by atoms with Gasteiger partial charge in [-0.15, -0.1) is 0 Å². The maximum absolute atomic E-state index is 5.97. The molecule has 30 heavy (non-hydrogen) atoms.